The van der Waals surface area contributed by atoms with E-state index < -0.39 is 13.8 Å². The Balaban J connectivity index is -0.000000180. The fourth-order valence-corrected chi connectivity index (χ4v) is 1.47. The van der Waals surface area contributed by atoms with E-state index in [9.17, 15) is 18.3 Å². The number of hydrogen-bond donors (Lipinski definition) is 0. The van der Waals surface area contributed by atoms with Crippen LogP contribution in [-0.2, 0) is 35.3 Å². The van der Waals surface area contributed by atoms with Gasteiger partial charge in [0, 0.05) is 42.9 Å². The maximum atomic E-state index is 9.43. The van der Waals surface area contributed by atoms with Gasteiger partial charge in [0.15, 0.2) is 0 Å². The molecule has 9 heteroatoms. The van der Waals surface area contributed by atoms with Crippen LogP contribution in [-0.4, -0.2) is 25.8 Å². The third-order valence-electron chi connectivity index (χ3n) is 0.133. The van der Waals surface area contributed by atoms with Crippen LogP contribution in [0.15, 0.2) is 0 Å². The summed E-state index contributed by atoms with van der Waals surface area (Å²) >= 11 is -0.0833. The van der Waals surface area contributed by atoms with Crippen molar-refractivity contribution >= 4 is 50.6 Å². The van der Waals surface area contributed by atoms with E-state index in [4.69, 9.17) is 0 Å². The first-order valence-corrected chi connectivity index (χ1v) is 5.48. The molecule has 0 aromatic rings. The summed E-state index contributed by atoms with van der Waals surface area (Å²) in [6.07, 6.45) is 0. The maximum absolute atomic E-state index is 9.43. The molecule has 0 aromatic carbocycles. The molecule has 4 nitrogen and oxygen atoms in total. The van der Waals surface area contributed by atoms with Gasteiger partial charge in [-0.1, -0.05) is 0 Å². The van der Waals surface area contributed by atoms with Gasteiger partial charge in [-0.2, -0.15) is 0 Å². The van der Waals surface area contributed by atoms with Crippen molar-refractivity contribution < 1.29 is 35.3 Å². The first kappa shape index (κ1) is 16.9. The van der Waals surface area contributed by atoms with Crippen molar-refractivity contribution in [1.29, 1.82) is 0 Å². The molecule has 0 spiro atoms. The molecule has 0 aromatic heterocycles. The van der Waals surface area contributed by atoms with E-state index in [1.165, 1.54) is 0 Å². The number of hydrogen-bond acceptors (Lipinski definition) is 5. The summed E-state index contributed by atoms with van der Waals surface area (Å²) < 4.78 is 37.7. The van der Waals surface area contributed by atoms with Crippen LogP contribution >= 0.6 is 24.8 Å². The fourth-order valence-electron chi connectivity index (χ4n) is 0.0544. The SMILES string of the molecule is O=P(=O)SP(=O)=O.[Cu].[In]. The molecule has 0 N–H and O–H groups in total. The molecule has 0 heterocycles. The van der Waals surface area contributed by atoms with Gasteiger partial charge < -0.3 is 0 Å². The molecule has 9 heavy (non-hydrogen) atoms. The molecule has 4 radical (unpaired) electrons. The molecule has 0 unspecified atom stereocenters. The zero-order valence-corrected chi connectivity index (χ0v) is 10.7. The first-order valence-electron chi connectivity index (χ1n) is 1.10. The molecule has 0 saturated heterocycles. The second-order valence-corrected chi connectivity index (χ2v) is 5.34. The molecule has 0 aliphatic rings. The van der Waals surface area contributed by atoms with Gasteiger partial charge in [0.25, 0.3) is 0 Å². The van der Waals surface area contributed by atoms with Crippen LogP contribution in [0, 0.1) is 0 Å². The molecule has 54 valence electrons. The zero-order chi connectivity index (χ0) is 5.86. The van der Waals surface area contributed by atoms with Crippen LogP contribution in [0.2, 0.25) is 0 Å². The topological polar surface area (TPSA) is 68.3 Å². The van der Waals surface area contributed by atoms with E-state index >= 15 is 0 Å². The quantitative estimate of drug-likeness (QED) is 0.565. The van der Waals surface area contributed by atoms with Crippen LogP contribution in [0.25, 0.3) is 0 Å². The Morgan fingerprint density at radius 1 is 0.889 bits per heavy atom. The third kappa shape index (κ3) is 17.7. The second kappa shape index (κ2) is 9.54. The van der Waals surface area contributed by atoms with Gasteiger partial charge in [-0.15, -0.1) is 0 Å². The molecular formula is CuInO4P2S. The Bertz CT molecular complexity index is 147. The average Bonchev–Trinajstić information content (AvgIpc) is 1.27. The van der Waals surface area contributed by atoms with Crippen molar-refractivity contribution in [3.63, 3.8) is 0 Å². The molecule has 0 rings (SSSR count). The minimum atomic E-state index is -2.82. The van der Waals surface area contributed by atoms with Crippen molar-refractivity contribution in [3.8, 4) is 0 Å². The van der Waals surface area contributed by atoms with Crippen molar-refractivity contribution in [1.82, 2.24) is 0 Å². The number of rotatable bonds is 2. The van der Waals surface area contributed by atoms with E-state index in [1.807, 2.05) is 0 Å². The van der Waals surface area contributed by atoms with Gasteiger partial charge in [-0.3, -0.25) is 0 Å². The molecule has 0 bridgehead atoms. The molecule has 0 amide bonds. The largest absolute Gasteiger partial charge is 0.392 e. The van der Waals surface area contributed by atoms with Crippen LogP contribution in [0.3, 0.4) is 0 Å². The van der Waals surface area contributed by atoms with Gasteiger partial charge in [0.05, 0.1) is 0 Å². The minimum absolute atomic E-state index is 0. The van der Waals surface area contributed by atoms with Gasteiger partial charge >= 0.3 is 13.8 Å². The van der Waals surface area contributed by atoms with E-state index in [2.05, 4.69) is 0 Å². The van der Waals surface area contributed by atoms with E-state index in [0.717, 1.165) is 0 Å². The third-order valence-corrected chi connectivity index (χ3v) is 3.60. The second-order valence-electron chi connectivity index (χ2n) is 0.529. The van der Waals surface area contributed by atoms with Crippen LogP contribution < -0.4 is 0 Å². The Hall–Kier alpha value is 1.54. The van der Waals surface area contributed by atoms with Crippen molar-refractivity contribution in [2.45, 2.75) is 0 Å². The predicted octanol–water partition coefficient (Wildman–Crippen LogP) is 1.51. The predicted molar refractivity (Wildman–Crippen MR) is 29.9 cm³/mol. The normalized spacial score (nSPS) is 6.22. The van der Waals surface area contributed by atoms with Crippen molar-refractivity contribution in [3.05, 3.63) is 0 Å². The molecule has 0 saturated carbocycles. The summed E-state index contributed by atoms with van der Waals surface area (Å²) in [5.74, 6) is 0. The zero-order valence-electron chi connectivity index (χ0n) is 3.81. The summed E-state index contributed by atoms with van der Waals surface area (Å²) in [7, 11) is 0. The van der Waals surface area contributed by atoms with Crippen molar-refractivity contribution in [2.24, 2.45) is 0 Å². The van der Waals surface area contributed by atoms with Gasteiger partial charge in [-0.25, -0.2) is 18.3 Å². The standard InChI is InChI=1S/Cu.In.O4P2S/c;;1-5(2)7-6(3)4. The fraction of sp³-hybridized carbons (Fsp3) is 0. The Labute approximate surface area is 85.3 Å². The monoisotopic (exact) mass is 336 g/mol. The summed E-state index contributed by atoms with van der Waals surface area (Å²) in [4.78, 5) is 0. The van der Waals surface area contributed by atoms with Gasteiger partial charge in [-0.05, 0) is 0 Å². The Kier molecular flexibility index (Phi) is 17.9. The maximum Gasteiger partial charge on any atom is 0.392 e. The van der Waals surface area contributed by atoms with Crippen molar-refractivity contribution in [2.75, 3.05) is 0 Å². The van der Waals surface area contributed by atoms with E-state index in [0.29, 0.717) is 0 Å². The van der Waals surface area contributed by atoms with Crippen LogP contribution in [0.4, 0.5) is 0 Å². The summed E-state index contributed by atoms with van der Waals surface area (Å²) in [6, 6.07) is 0. The molecule has 0 aliphatic carbocycles. The molecule has 0 fully saturated rings. The Morgan fingerprint density at radius 3 is 1.11 bits per heavy atom. The summed E-state index contributed by atoms with van der Waals surface area (Å²) in [5.41, 5.74) is 0. The van der Waals surface area contributed by atoms with Gasteiger partial charge in [0.2, 0.25) is 0 Å². The van der Waals surface area contributed by atoms with E-state index in [1.54, 1.807) is 0 Å². The van der Waals surface area contributed by atoms with Crippen LogP contribution in [0.5, 0.6) is 0 Å². The minimum Gasteiger partial charge on any atom is -0.224 e. The van der Waals surface area contributed by atoms with E-state index in [-0.39, 0.29) is 53.9 Å². The van der Waals surface area contributed by atoms with Gasteiger partial charge in [0.1, 0.15) is 11.0 Å². The summed E-state index contributed by atoms with van der Waals surface area (Å²) in [5, 5.41) is 0. The smallest absolute Gasteiger partial charge is 0.224 e. The molecule has 0 atom stereocenters. The molecule has 0 aliphatic heterocycles. The summed E-state index contributed by atoms with van der Waals surface area (Å²) in [6.45, 7) is -5.64. The van der Waals surface area contributed by atoms with Crippen LogP contribution in [0.1, 0.15) is 0 Å². The Morgan fingerprint density at radius 2 is 1.11 bits per heavy atom. The average molecular weight is 336 g/mol. The first-order chi connectivity index (χ1) is 3.13. The molecular weight excluding hydrogens is 336 g/mol.